The van der Waals surface area contributed by atoms with Crippen LogP contribution < -0.4 is 5.32 Å². The zero-order chi connectivity index (χ0) is 17.4. The molecule has 1 aromatic carbocycles. The molecule has 0 unspecified atom stereocenters. The van der Waals surface area contributed by atoms with Crippen LogP contribution in [-0.2, 0) is 6.18 Å². The molecule has 0 bridgehead atoms. The van der Waals surface area contributed by atoms with Gasteiger partial charge in [0.2, 0.25) is 16.1 Å². The van der Waals surface area contributed by atoms with E-state index in [1.165, 1.54) is 6.20 Å². The van der Waals surface area contributed by atoms with Gasteiger partial charge < -0.3 is 4.98 Å². The van der Waals surface area contributed by atoms with Crippen molar-refractivity contribution in [3.05, 3.63) is 41.8 Å². The number of rotatable bonds is 3. The van der Waals surface area contributed by atoms with Gasteiger partial charge in [0.05, 0.1) is 23.1 Å². The summed E-state index contributed by atoms with van der Waals surface area (Å²) in [6, 6.07) is 7.28. The monoisotopic (exact) mass is 363 g/mol. The van der Waals surface area contributed by atoms with Crippen LogP contribution >= 0.6 is 11.3 Å². The van der Waals surface area contributed by atoms with Gasteiger partial charge in [-0.3, -0.25) is 5.32 Å². The molecule has 3 heterocycles. The van der Waals surface area contributed by atoms with E-state index >= 15 is 0 Å². The third-order valence-electron chi connectivity index (χ3n) is 3.26. The van der Waals surface area contributed by atoms with Gasteiger partial charge in [-0.15, -0.1) is 10.2 Å². The van der Waals surface area contributed by atoms with Gasteiger partial charge in [-0.1, -0.05) is 17.4 Å². The number of benzene rings is 1. The first-order valence-electron chi connectivity index (χ1n) is 6.93. The summed E-state index contributed by atoms with van der Waals surface area (Å²) in [4.78, 5) is 15.5. The highest BCUT2D eigenvalue weighted by atomic mass is 32.1. The highest BCUT2D eigenvalue weighted by Crippen LogP contribution is 2.33. The number of hydrogen-bond acceptors (Lipinski definition) is 7. The van der Waals surface area contributed by atoms with Crippen molar-refractivity contribution < 1.29 is 13.2 Å². The summed E-state index contributed by atoms with van der Waals surface area (Å²) in [6.07, 6.45) is -1.43. The number of hydrogen-bond donors (Lipinski definition) is 2. The molecule has 0 saturated heterocycles. The topological polar surface area (TPSA) is 92.3 Å². The Morgan fingerprint density at radius 1 is 1.08 bits per heavy atom. The van der Waals surface area contributed by atoms with Crippen molar-refractivity contribution in [2.24, 2.45) is 0 Å². The van der Waals surface area contributed by atoms with Crippen molar-refractivity contribution >= 4 is 33.5 Å². The molecule has 0 radical (unpaired) electrons. The number of alkyl halides is 3. The average Bonchev–Trinajstić information content (AvgIpc) is 3.23. The predicted molar refractivity (Wildman–Crippen MR) is 85.3 cm³/mol. The Morgan fingerprint density at radius 3 is 2.76 bits per heavy atom. The summed E-state index contributed by atoms with van der Waals surface area (Å²) in [5, 5.41) is 8.14. The summed E-state index contributed by atoms with van der Waals surface area (Å²) in [7, 11) is 0. The fourth-order valence-corrected chi connectivity index (χ4v) is 2.76. The van der Waals surface area contributed by atoms with Gasteiger partial charge in [0.25, 0.3) is 0 Å². The van der Waals surface area contributed by atoms with E-state index in [-0.39, 0.29) is 11.1 Å². The van der Waals surface area contributed by atoms with Crippen molar-refractivity contribution in [1.29, 1.82) is 0 Å². The molecule has 0 aliphatic carbocycles. The lowest BCUT2D eigenvalue weighted by atomic mass is 10.1. The van der Waals surface area contributed by atoms with Crippen molar-refractivity contribution in [2.45, 2.75) is 6.18 Å². The molecule has 0 atom stereocenters. The molecule has 0 fully saturated rings. The molecule has 0 amide bonds. The van der Waals surface area contributed by atoms with Crippen LogP contribution in [-0.4, -0.2) is 30.1 Å². The van der Waals surface area contributed by atoms with Crippen LogP contribution in [0.3, 0.4) is 0 Å². The number of aromatic amines is 1. The first kappa shape index (κ1) is 15.4. The molecule has 0 aliphatic heterocycles. The van der Waals surface area contributed by atoms with Crippen molar-refractivity contribution in [3.8, 4) is 11.3 Å². The largest absolute Gasteiger partial charge is 0.445 e. The fourth-order valence-electron chi connectivity index (χ4n) is 2.15. The number of nitrogens with zero attached hydrogens (tertiary/aromatic N) is 5. The van der Waals surface area contributed by atoms with Crippen molar-refractivity contribution in [3.63, 3.8) is 0 Å². The van der Waals surface area contributed by atoms with E-state index in [0.29, 0.717) is 17.0 Å². The zero-order valence-corrected chi connectivity index (χ0v) is 13.1. The van der Waals surface area contributed by atoms with Gasteiger partial charge in [-0.05, 0) is 18.2 Å². The molecule has 7 nitrogen and oxygen atoms in total. The highest BCUT2D eigenvalue weighted by molar-refractivity contribution is 7.15. The summed E-state index contributed by atoms with van der Waals surface area (Å²) in [5.74, 6) is 0.129. The maximum Gasteiger partial charge on any atom is 0.445 e. The number of halogens is 3. The van der Waals surface area contributed by atoms with E-state index in [9.17, 15) is 13.2 Å². The quantitative estimate of drug-likeness (QED) is 0.577. The number of anilines is 2. The zero-order valence-electron chi connectivity index (χ0n) is 12.2. The third kappa shape index (κ3) is 3.13. The Kier molecular flexibility index (Phi) is 3.57. The molecule has 0 spiro atoms. The van der Waals surface area contributed by atoms with E-state index < -0.39 is 11.2 Å². The van der Waals surface area contributed by atoms with Crippen LogP contribution in [0, 0.1) is 0 Å². The van der Waals surface area contributed by atoms with Gasteiger partial charge in [0.15, 0.2) is 0 Å². The molecule has 25 heavy (non-hydrogen) atoms. The molecule has 0 saturated carbocycles. The fraction of sp³-hybridized carbons (Fsp3) is 0.0714. The first-order chi connectivity index (χ1) is 12.0. The van der Waals surface area contributed by atoms with Crippen LogP contribution in [0.25, 0.3) is 22.3 Å². The second-order valence-corrected chi connectivity index (χ2v) is 5.91. The maximum atomic E-state index is 12.6. The Balaban J connectivity index is 1.62. The van der Waals surface area contributed by atoms with E-state index in [0.717, 1.165) is 16.6 Å². The minimum Gasteiger partial charge on any atom is -0.345 e. The Bertz CT molecular complexity index is 1040. The second kappa shape index (κ2) is 5.77. The van der Waals surface area contributed by atoms with E-state index in [1.54, 1.807) is 12.4 Å². The predicted octanol–water partition coefficient (Wildman–Crippen LogP) is 3.63. The molecule has 3 aromatic heterocycles. The van der Waals surface area contributed by atoms with Crippen LogP contribution in [0.4, 0.5) is 24.3 Å². The Morgan fingerprint density at radius 2 is 1.96 bits per heavy atom. The van der Waals surface area contributed by atoms with Gasteiger partial charge in [0, 0.05) is 11.8 Å². The summed E-state index contributed by atoms with van der Waals surface area (Å²) in [6.45, 7) is 0. The van der Waals surface area contributed by atoms with E-state index in [1.807, 2.05) is 18.2 Å². The molecule has 11 heteroatoms. The maximum absolute atomic E-state index is 12.6. The minimum absolute atomic E-state index is 0.0350. The van der Waals surface area contributed by atoms with Crippen molar-refractivity contribution in [2.75, 3.05) is 5.32 Å². The van der Waals surface area contributed by atoms with Gasteiger partial charge in [0.1, 0.15) is 0 Å². The highest BCUT2D eigenvalue weighted by Gasteiger charge is 2.35. The number of imidazole rings is 1. The molecule has 4 rings (SSSR count). The number of H-pyrrole nitrogens is 1. The summed E-state index contributed by atoms with van der Waals surface area (Å²) in [5.41, 5.74) is 3.08. The van der Waals surface area contributed by atoms with Crippen LogP contribution in [0.15, 0.2) is 36.8 Å². The van der Waals surface area contributed by atoms with Gasteiger partial charge in [-0.25, -0.2) is 15.0 Å². The minimum atomic E-state index is -4.53. The lowest BCUT2D eigenvalue weighted by molar-refractivity contribution is -0.138. The SMILES string of the molecule is FC(F)(F)c1nnc(Nc2nccc(-c3ccc4[nH]cnc4c3)n2)s1. The number of nitrogens with one attached hydrogen (secondary N) is 2. The summed E-state index contributed by atoms with van der Waals surface area (Å²) < 4.78 is 37.7. The third-order valence-corrected chi connectivity index (χ3v) is 4.14. The van der Waals surface area contributed by atoms with Gasteiger partial charge >= 0.3 is 6.18 Å². The molecular formula is C14H8F3N7S. The van der Waals surface area contributed by atoms with Gasteiger partial charge in [-0.2, -0.15) is 13.2 Å². The number of fused-ring (bicyclic) bond motifs is 1. The number of aromatic nitrogens is 6. The van der Waals surface area contributed by atoms with Crippen LogP contribution in [0.5, 0.6) is 0 Å². The molecule has 0 aliphatic rings. The standard InChI is InChI=1S/C14H8F3N7S/c15-14(16,17)11-23-24-13(25-11)22-12-18-4-3-8(21-12)7-1-2-9-10(5-7)20-6-19-9/h1-6H,(H,19,20)(H,18,21,22,24). The van der Waals surface area contributed by atoms with Crippen LogP contribution in [0.2, 0.25) is 0 Å². The molecule has 2 N–H and O–H groups in total. The smallest absolute Gasteiger partial charge is 0.345 e. The Hall–Kier alpha value is -3.08. The normalized spacial score (nSPS) is 11.8. The molecular weight excluding hydrogens is 355 g/mol. The Labute approximate surface area is 142 Å². The lowest BCUT2D eigenvalue weighted by Crippen LogP contribution is -2.03. The molecule has 126 valence electrons. The summed E-state index contributed by atoms with van der Waals surface area (Å²) >= 11 is 0.387. The second-order valence-electron chi connectivity index (χ2n) is 4.94. The van der Waals surface area contributed by atoms with E-state index in [4.69, 9.17) is 0 Å². The average molecular weight is 363 g/mol. The van der Waals surface area contributed by atoms with E-state index in [2.05, 4.69) is 35.5 Å². The van der Waals surface area contributed by atoms with Crippen LogP contribution in [0.1, 0.15) is 5.01 Å². The van der Waals surface area contributed by atoms with Crippen molar-refractivity contribution in [1.82, 2.24) is 30.1 Å². The molecule has 4 aromatic rings. The lowest BCUT2D eigenvalue weighted by Gasteiger charge is -2.04. The first-order valence-corrected chi connectivity index (χ1v) is 7.75.